The highest BCUT2D eigenvalue weighted by atomic mass is 32.1. The lowest BCUT2D eigenvalue weighted by molar-refractivity contribution is 0.0908. The van der Waals surface area contributed by atoms with Crippen LogP contribution in [-0.2, 0) is 6.42 Å². The molecule has 0 spiro atoms. The monoisotopic (exact) mass is 288 g/mol. The van der Waals surface area contributed by atoms with Gasteiger partial charge in [-0.1, -0.05) is 24.3 Å². The predicted molar refractivity (Wildman–Crippen MR) is 83.3 cm³/mol. The molecule has 0 fully saturated rings. The minimum Gasteiger partial charge on any atom is -0.345 e. The van der Waals surface area contributed by atoms with Gasteiger partial charge < -0.3 is 5.32 Å². The third-order valence-corrected chi connectivity index (χ3v) is 3.97. The van der Waals surface area contributed by atoms with Crippen LogP contribution in [0.15, 0.2) is 29.6 Å². The van der Waals surface area contributed by atoms with Crippen molar-refractivity contribution in [3.05, 3.63) is 51.5 Å². The molecule has 0 aliphatic rings. The largest absolute Gasteiger partial charge is 0.345 e. The molecule has 1 N–H and O–H groups in total. The number of rotatable bonds is 4. The molecule has 2 aromatic rings. The molecule has 106 valence electrons. The Labute approximate surface area is 124 Å². The summed E-state index contributed by atoms with van der Waals surface area (Å²) in [7, 11) is 0. The van der Waals surface area contributed by atoms with Crippen LogP contribution < -0.4 is 5.32 Å². The number of carbonyl (C=O) groups is 1. The molecule has 0 bridgehead atoms. The zero-order chi connectivity index (χ0) is 14.8. The van der Waals surface area contributed by atoms with Crippen LogP contribution in [0.4, 0.5) is 0 Å². The Bertz CT molecular complexity index is 616. The highest BCUT2D eigenvalue weighted by Crippen LogP contribution is 2.17. The molecule has 3 nitrogen and oxygen atoms in total. The van der Waals surface area contributed by atoms with E-state index in [4.69, 9.17) is 0 Å². The molecule has 1 aromatic heterocycles. The Morgan fingerprint density at radius 2 is 2.00 bits per heavy atom. The summed E-state index contributed by atoms with van der Waals surface area (Å²) in [5.41, 5.74) is 2.71. The molecule has 0 saturated carbocycles. The van der Waals surface area contributed by atoms with Gasteiger partial charge in [0.2, 0.25) is 0 Å². The molecule has 4 heteroatoms. The van der Waals surface area contributed by atoms with E-state index < -0.39 is 0 Å². The topological polar surface area (TPSA) is 42.0 Å². The highest BCUT2D eigenvalue weighted by molar-refractivity contribution is 7.09. The Balaban J connectivity index is 2.07. The zero-order valence-corrected chi connectivity index (χ0v) is 13.2. The molecule has 1 aromatic carbocycles. The van der Waals surface area contributed by atoms with E-state index >= 15 is 0 Å². The lowest BCUT2D eigenvalue weighted by Gasteiger charge is -2.26. The van der Waals surface area contributed by atoms with Crippen molar-refractivity contribution in [1.82, 2.24) is 10.3 Å². The molecule has 0 radical (unpaired) electrons. The molecule has 0 aliphatic heterocycles. The van der Waals surface area contributed by atoms with Crippen LogP contribution >= 0.6 is 11.3 Å². The van der Waals surface area contributed by atoms with Gasteiger partial charge in [-0.05, 0) is 45.2 Å². The Hall–Kier alpha value is -1.68. The van der Waals surface area contributed by atoms with E-state index in [2.05, 4.69) is 29.4 Å². The number of nitrogens with zero attached hydrogens (tertiary/aromatic N) is 1. The van der Waals surface area contributed by atoms with E-state index in [9.17, 15) is 4.79 Å². The maximum atomic E-state index is 12.2. The summed E-state index contributed by atoms with van der Waals surface area (Å²) < 4.78 is 0. The average molecular weight is 288 g/mol. The van der Waals surface area contributed by atoms with Crippen molar-refractivity contribution in [3.8, 4) is 0 Å². The summed E-state index contributed by atoms with van der Waals surface area (Å²) in [4.78, 5) is 16.4. The van der Waals surface area contributed by atoms with Gasteiger partial charge in [0.25, 0.3) is 5.91 Å². The van der Waals surface area contributed by atoms with E-state index in [1.807, 2.05) is 32.9 Å². The van der Waals surface area contributed by atoms with Gasteiger partial charge in [-0.25, -0.2) is 4.98 Å². The summed E-state index contributed by atoms with van der Waals surface area (Å²) in [6, 6.07) is 8.26. The number of thiazole rings is 1. The summed E-state index contributed by atoms with van der Waals surface area (Å²) in [6.45, 7) is 8.07. The van der Waals surface area contributed by atoms with E-state index in [0.29, 0.717) is 5.69 Å². The third kappa shape index (κ3) is 3.67. The molecule has 1 amide bonds. The van der Waals surface area contributed by atoms with Crippen LogP contribution in [0.1, 0.15) is 40.5 Å². The molecule has 0 aliphatic carbocycles. The standard InChI is InChI=1S/C16H20N2OS/c1-11-7-5-6-8-13(11)9-16(3,4)18-15(19)14-10-20-12(2)17-14/h5-8,10H,9H2,1-4H3,(H,18,19). The maximum absolute atomic E-state index is 12.2. The second-order valence-corrected chi connectivity index (χ2v) is 6.76. The van der Waals surface area contributed by atoms with Crippen molar-refractivity contribution in [1.29, 1.82) is 0 Å². The lowest BCUT2D eigenvalue weighted by Crippen LogP contribution is -2.45. The lowest BCUT2D eigenvalue weighted by atomic mass is 9.92. The fourth-order valence-corrected chi connectivity index (χ4v) is 2.76. The minimum atomic E-state index is -0.305. The van der Waals surface area contributed by atoms with Gasteiger partial charge in [0.05, 0.1) is 5.01 Å². The molecule has 0 saturated heterocycles. The van der Waals surface area contributed by atoms with Crippen LogP contribution in [0.5, 0.6) is 0 Å². The first-order valence-corrected chi connectivity index (χ1v) is 7.54. The molecule has 0 atom stereocenters. The van der Waals surface area contributed by atoms with Crippen molar-refractivity contribution in [2.24, 2.45) is 0 Å². The van der Waals surface area contributed by atoms with Crippen LogP contribution in [-0.4, -0.2) is 16.4 Å². The average Bonchev–Trinajstić information content (AvgIpc) is 2.78. The fourth-order valence-electron chi connectivity index (χ4n) is 2.17. The number of hydrogen-bond acceptors (Lipinski definition) is 3. The normalized spacial score (nSPS) is 11.4. The van der Waals surface area contributed by atoms with Crippen LogP contribution in [0, 0.1) is 13.8 Å². The first-order valence-electron chi connectivity index (χ1n) is 6.66. The Morgan fingerprint density at radius 3 is 2.60 bits per heavy atom. The van der Waals surface area contributed by atoms with Crippen molar-refractivity contribution < 1.29 is 4.79 Å². The van der Waals surface area contributed by atoms with E-state index in [1.165, 1.54) is 22.5 Å². The van der Waals surface area contributed by atoms with Gasteiger partial charge in [-0.2, -0.15) is 0 Å². The highest BCUT2D eigenvalue weighted by Gasteiger charge is 2.23. The molecule has 2 rings (SSSR count). The molecule has 0 unspecified atom stereocenters. The van der Waals surface area contributed by atoms with Gasteiger partial charge in [0.15, 0.2) is 0 Å². The second kappa shape index (κ2) is 5.75. The van der Waals surface area contributed by atoms with Gasteiger partial charge in [-0.15, -0.1) is 11.3 Å². The van der Waals surface area contributed by atoms with Crippen LogP contribution in [0.25, 0.3) is 0 Å². The SMILES string of the molecule is Cc1nc(C(=O)NC(C)(C)Cc2ccccc2C)cs1. The van der Waals surface area contributed by atoms with Crippen LogP contribution in [0.2, 0.25) is 0 Å². The minimum absolute atomic E-state index is 0.104. The van der Waals surface area contributed by atoms with Gasteiger partial charge in [0.1, 0.15) is 5.69 Å². The number of carbonyl (C=O) groups excluding carboxylic acids is 1. The number of aryl methyl sites for hydroxylation is 2. The first kappa shape index (κ1) is 14.7. The quantitative estimate of drug-likeness (QED) is 0.935. The van der Waals surface area contributed by atoms with Crippen molar-refractivity contribution in [2.75, 3.05) is 0 Å². The molecule has 1 heterocycles. The van der Waals surface area contributed by atoms with Crippen molar-refractivity contribution in [3.63, 3.8) is 0 Å². The zero-order valence-electron chi connectivity index (χ0n) is 12.4. The molecular formula is C16H20N2OS. The molecule has 20 heavy (non-hydrogen) atoms. The Morgan fingerprint density at radius 1 is 1.30 bits per heavy atom. The summed E-state index contributed by atoms with van der Waals surface area (Å²) >= 11 is 1.49. The van der Waals surface area contributed by atoms with E-state index in [-0.39, 0.29) is 11.4 Å². The first-order chi connectivity index (χ1) is 9.37. The fraction of sp³-hybridized carbons (Fsp3) is 0.375. The van der Waals surface area contributed by atoms with Crippen LogP contribution in [0.3, 0.4) is 0 Å². The molecular weight excluding hydrogens is 268 g/mol. The smallest absolute Gasteiger partial charge is 0.271 e. The van der Waals surface area contributed by atoms with Crippen molar-refractivity contribution >= 4 is 17.2 Å². The summed E-state index contributed by atoms with van der Waals surface area (Å²) in [6.07, 6.45) is 0.800. The Kier molecular flexibility index (Phi) is 4.23. The van der Waals surface area contributed by atoms with E-state index in [0.717, 1.165) is 11.4 Å². The third-order valence-electron chi connectivity index (χ3n) is 3.20. The number of amides is 1. The number of benzene rings is 1. The van der Waals surface area contributed by atoms with Gasteiger partial charge >= 0.3 is 0 Å². The van der Waals surface area contributed by atoms with E-state index in [1.54, 1.807) is 5.38 Å². The summed E-state index contributed by atoms with van der Waals surface area (Å²) in [5.74, 6) is -0.104. The number of hydrogen-bond donors (Lipinski definition) is 1. The van der Waals surface area contributed by atoms with Gasteiger partial charge in [-0.3, -0.25) is 4.79 Å². The predicted octanol–water partition coefficient (Wildman–Crippen LogP) is 3.51. The second-order valence-electron chi connectivity index (χ2n) is 5.69. The number of nitrogens with one attached hydrogen (secondary N) is 1. The maximum Gasteiger partial charge on any atom is 0.271 e. The van der Waals surface area contributed by atoms with Gasteiger partial charge in [0, 0.05) is 10.9 Å². The summed E-state index contributed by atoms with van der Waals surface area (Å²) in [5, 5.41) is 5.78. The van der Waals surface area contributed by atoms with Crippen molar-refractivity contribution in [2.45, 2.75) is 39.7 Å². The number of aromatic nitrogens is 1.